The number of halogens is 3. The molecule has 0 bridgehead atoms. The smallest absolute Gasteiger partial charge is 0.336 e. The van der Waals surface area contributed by atoms with Crippen molar-refractivity contribution in [2.45, 2.75) is 25.4 Å². The Morgan fingerprint density at radius 1 is 1.07 bits per heavy atom. The van der Waals surface area contributed by atoms with Crippen molar-refractivity contribution in [3.63, 3.8) is 0 Å². The zero-order valence-electron chi connectivity index (χ0n) is 15.6. The molecule has 1 N–H and O–H groups in total. The van der Waals surface area contributed by atoms with E-state index in [9.17, 15) is 22.8 Å². The van der Waals surface area contributed by atoms with Crippen LogP contribution in [0.3, 0.4) is 0 Å². The van der Waals surface area contributed by atoms with Gasteiger partial charge in [-0.2, -0.15) is 13.2 Å². The molecule has 0 saturated heterocycles. The summed E-state index contributed by atoms with van der Waals surface area (Å²) in [7, 11) is 1.55. The van der Waals surface area contributed by atoms with Gasteiger partial charge < -0.3 is 10.2 Å². The molecule has 0 aliphatic heterocycles. The van der Waals surface area contributed by atoms with E-state index in [2.05, 4.69) is 5.32 Å². The van der Waals surface area contributed by atoms with Crippen LogP contribution in [0.1, 0.15) is 29.0 Å². The van der Waals surface area contributed by atoms with Gasteiger partial charge in [-0.3, -0.25) is 9.59 Å². The molecule has 2 aromatic rings. The summed E-state index contributed by atoms with van der Waals surface area (Å²) in [5, 5.41) is 2.74. The van der Waals surface area contributed by atoms with E-state index in [1.54, 1.807) is 19.2 Å². The third kappa shape index (κ3) is 4.71. The van der Waals surface area contributed by atoms with Gasteiger partial charge in [-0.15, -0.1) is 0 Å². The Balaban J connectivity index is 1.53. The summed E-state index contributed by atoms with van der Waals surface area (Å²) in [6.45, 7) is 1.86. The van der Waals surface area contributed by atoms with E-state index in [0.29, 0.717) is 17.7 Å². The van der Waals surface area contributed by atoms with Gasteiger partial charge in [-0.1, -0.05) is 29.8 Å². The zero-order valence-corrected chi connectivity index (χ0v) is 15.6. The van der Waals surface area contributed by atoms with Gasteiger partial charge in [-0.05, 0) is 49.1 Å². The molecule has 4 nitrogen and oxygen atoms in total. The highest BCUT2D eigenvalue weighted by molar-refractivity contribution is 5.95. The molecule has 0 spiro atoms. The number of alkyl halides is 3. The van der Waals surface area contributed by atoms with Crippen molar-refractivity contribution in [1.29, 1.82) is 0 Å². The molecule has 2 atom stereocenters. The van der Waals surface area contributed by atoms with Gasteiger partial charge in [-0.25, -0.2) is 0 Å². The van der Waals surface area contributed by atoms with E-state index >= 15 is 0 Å². The Bertz CT molecular complexity index is 861. The number of carbonyl (C=O) groups is 2. The minimum absolute atomic E-state index is 0.0804. The Labute approximate surface area is 161 Å². The number of anilines is 1. The first-order valence-corrected chi connectivity index (χ1v) is 8.94. The molecule has 1 fully saturated rings. The number of likely N-dealkylation sites (N-methyl/N-ethyl adjacent to an activating group) is 1. The summed E-state index contributed by atoms with van der Waals surface area (Å²) in [5.74, 6) is -0.873. The van der Waals surface area contributed by atoms with Gasteiger partial charge >= 0.3 is 6.18 Å². The fourth-order valence-corrected chi connectivity index (χ4v) is 3.17. The first-order valence-electron chi connectivity index (χ1n) is 8.94. The normalized spacial score (nSPS) is 18.5. The number of hydrogen-bond acceptors (Lipinski definition) is 2. The Morgan fingerprint density at radius 3 is 2.25 bits per heavy atom. The van der Waals surface area contributed by atoms with E-state index in [-0.39, 0.29) is 30.2 Å². The van der Waals surface area contributed by atoms with E-state index in [1.165, 1.54) is 17.0 Å². The van der Waals surface area contributed by atoms with Crippen molar-refractivity contribution in [2.75, 3.05) is 18.9 Å². The van der Waals surface area contributed by atoms with Crippen LogP contribution in [0.2, 0.25) is 0 Å². The van der Waals surface area contributed by atoms with Crippen LogP contribution in [0.5, 0.6) is 0 Å². The number of carbonyl (C=O) groups excluding carboxylic acids is 2. The summed E-state index contributed by atoms with van der Waals surface area (Å²) in [6, 6.07) is 12.2. The van der Waals surface area contributed by atoms with Crippen LogP contribution in [0.25, 0.3) is 0 Å². The van der Waals surface area contributed by atoms with Crippen LogP contribution in [-0.4, -0.2) is 30.3 Å². The predicted octanol–water partition coefficient (Wildman–Crippen LogP) is 4.21. The third-order valence-corrected chi connectivity index (χ3v) is 4.87. The summed E-state index contributed by atoms with van der Waals surface area (Å²) in [5.41, 5.74) is 1.74. The maximum Gasteiger partial charge on any atom is 0.416 e. The number of amides is 2. The van der Waals surface area contributed by atoms with Gasteiger partial charge in [0.2, 0.25) is 11.8 Å². The lowest BCUT2D eigenvalue weighted by atomic mass is 10.1. The van der Waals surface area contributed by atoms with Crippen LogP contribution >= 0.6 is 0 Å². The minimum Gasteiger partial charge on any atom is -0.336 e. The molecule has 148 valence electrons. The summed E-state index contributed by atoms with van der Waals surface area (Å²) in [6.07, 6.45) is -3.80. The van der Waals surface area contributed by atoms with Crippen molar-refractivity contribution in [3.05, 3.63) is 65.2 Å². The molecule has 1 aliphatic rings. The number of benzene rings is 2. The average Bonchev–Trinajstić information content (AvgIpc) is 3.43. The second-order valence-corrected chi connectivity index (χ2v) is 7.18. The molecule has 2 amide bonds. The Hall–Kier alpha value is -2.83. The predicted molar refractivity (Wildman–Crippen MR) is 99.7 cm³/mol. The number of nitrogens with one attached hydrogen (secondary N) is 1. The van der Waals surface area contributed by atoms with Crippen LogP contribution in [0, 0.1) is 12.8 Å². The molecule has 0 aromatic heterocycles. The summed E-state index contributed by atoms with van der Waals surface area (Å²) in [4.78, 5) is 26.0. The minimum atomic E-state index is -4.37. The average molecular weight is 390 g/mol. The molecule has 2 aromatic carbocycles. The maximum atomic E-state index is 12.6. The Morgan fingerprint density at radius 2 is 1.68 bits per heavy atom. The van der Waals surface area contributed by atoms with Crippen molar-refractivity contribution in [2.24, 2.45) is 5.92 Å². The lowest BCUT2D eigenvalue weighted by molar-refractivity contribution is -0.137. The van der Waals surface area contributed by atoms with E-state index < -0.39 is 11.7 Å². The highest BCUT2D eigenvalue weighted by Crippen LogP contribution is 2.48. The fourth-order valence-electron chi connectivity index (χ4n) is 3.17. The molecule has 2 unspecified atom stereocenters. The molecular formula is C21H21F3N2O2. The van der Waals surface area contributed by atoms with Crippen molar-refractivity contribution >= 4 is 17.5 Å². The highest BCUT2D eigenvalue weighted by atomic mass is 19.4. The lowest BCUT2D eigenvalue weighted by Gasteiger charge is -2.17. The first kappa shape index (κ1) is 19.9. The van der Waals surface area contributed by atoms with Crippen molar-refractivity contribution < 1.29 is 22.8 Å². The summed E-state index contributed by atoms with van der Waals surface area (Å²) < 4.78 is 37.9. The number of hydrogen-bond donors (Lipinski definition) is 1. The number of rotatable bonds is 5. The first-order chi connectivity index (χ1) is 13.1. The van der Waals surface area contributed by atoms with Crippen LogP contribution in [-0.2, 0) is 15.8 Å². The molecule has 3 rings (SSSR count). The Kier molecular flexibility index (Phi) is 5.45. The fraction of sp³-hybridized carbons (Fsp3) is 0.333. The van der Waals surface area contributed by atoms with E-state index in [4.69, 9.17) is 0 Å². The molecule has 28 heavy (non-hydrogen) atoms. The molecule has 1 saturated carbocycles. The zero-order chi connectivity index (χ0) is 20.5. The molecule has 1 aliphatic carbocycles. The van der Waals surface area contributed by atoms with E-state index in [0.717, 1.165) is 17.7 Å². The summed E-state index contributed by atoms with van der Waals surface area (Å²) >= 11 is 0. The van der Waals surface area contributed by atoms with Gasteiger partial charge in [0.25, 0.3) is 0 Å². The van der Waals surface area contributed by atoms with Crippen LogP contribution < -0.4 is 5.32 Å². The number of nitrogens with zero attached hydrogens (tertiary/aromatic N) is 1. The van der Waals surface area contributed by atoms with Crippen molar-refractivity contribution in [3.8, 4) is 0 Å². The standard InChI is InChI=1S/C21H21F3N2O2/c1-13-3-9-16(10-4-13)25-19(27)12-26(2)20(28)18-11-17(18)14-5-7-15(8-6-14)21(22,23)24/h3-10,17-18H,11-12H2,1-2H3,(H,25,27). The van der Waals surface area contributed by atoms with Gasteiger partial charge in [0.05, 0.1) is 12.1 Å². The largest absolute Gasteiger partial charge is 0.416 e. The molecule has 0 heterocycles. The third-order valence-electron chi connectivity index (χ3n) is 4.87. The molecule has 7 heteroatoms. The highest BCUT2D eigenvalue weighted by Gasteiger charge is 2.45. The van der Waals surface area contributed by atoms with Crippen molar-refractivity contribution in [1.82, 2.24) is 4.90 Å². The van der Waals surface area contributed by atoms with Gasteiger partial charge in [0.1, 0.15) is 0 Å². The van der Waals surface area contributed by atoms with Crippen LogP contribution in [0.4, 0.5) is 18.9 Å². The quantitative estimate of drug-likeness (QED) is 0.831. The SMILES string of the molecule is Cc1ccc(NC(=O)CN(C)C(=O)C2CC2c2ccc(C(F)(F)F)cc2)cc1. The van der Waals surface area contributed by atoms with Crippen LogP contribution in [0.15, 0.2) is 48.5 Å². The lowest BCUT2D eigenvalue weighted by Crippen LogP contribution is -2.36. The van der Waals surface area contributed by atoms with E-state index in [1.807, 2.05) is 19.1 Å². The second kappa shape index (κ2) is 7.66. The molecular weight excluding hydrogens is 369 g/mol. The second-order valence-electron chi connectivity index (χ2n) is 7.18. The molecule has 0 radical (unpaired) electrons. The monoisotopic (exact) mass is 390 g/mol. The van der Waals surface area contributed by atoms with Gasteiger partial charge in [0.15, 0.2) is 0 Å². The topological polar surface area (TPSA) is 49.4 Å². The van der Waals surface area contributed by atoms with Gasteiger partial charge in [0, 0.05) is 18.7 Å². The number of aryl methyl sites for hydroxylation is 1. The maximum absolute atomic E-state index is 12.6.